The molecular weight excluding hydrogens is 416 g/mol. The molecule has 6 nitrogen and oxygen atoms in total. The van der Waals surface area contributed by atoms with Gasteiger partial charge in [-0.2, -0.15) is 0 Å². The third-order valence-electron chi connectivity index (χ3n) is 5.51. The Morgan fingerprint density at radius 3 is 2.30 bits per heavy atom. The number of methoxy groups -OCH3 is 1. The van der Waals surface area contributed by atoms with E-state index < -0.39 is 5.91 Å². The lowest BCUT2D eigenvalue weighted by Gasteiger charge is -2.18. The van der Waals surface area contributed by atoms with E-state index in [4.69, 9.17) is 9.47 Å². The van der Waals surface area contributed by atoms with Crippen LogP contribution in [-0.2, 0) is 9.59 Å². The minimum Gasteiger partial charge on any atom is -0.495 e. The lowest BCUT2D eigenvalue weighted by Crippen LogP contribution is -2.33. The van der Waals surface area contributed by atoms with E-state index in [1.54, 1.807) is 37.4 Å². The van der Waals surface area contributed by atoms with Gasteiger partial charge in [0.1, 0.15) is 17.2 Å². The maximum atomic E-state index is 13.6. The van der Waals surface area contributed by atoms with Gasteiger partial charge in [0.2, 0.25) is 0 Å². The van der Waals surface area contributed by atoms with Gasteiger partial charge in [0.15, 0.2) is 0 Å². The second-order valence-corrected chi connectivity index (χ2v) is 7.77. The molecule has 6 heteroatoms. The third kappa shape index (κ3) is 4.20. The number of para-hydroxylation sites is 1. The smallest absolute Gasteiger partial charge is 0.282 e. The number of hydrogen-bond acceptors (Lipinski definition) is 5. The number of hydrogen-bond donors (Lipinski definition) is 1. The number of aryl methyl sites for hydroxylation is 2. The van der Waals surface area contributed by atoms with Gasteiger partial charge in [-0.15, -0.1) is 0 Å². The van der Waals surface area contributed by atoms with Crippen LogP contribution in [0.4, 0.5) is 11.4 Å². The van der Waals surface area contributed by atoms with Gasteiger partial charge in [0.05, 0.1) is 30.7 Å². The Morgan fingerprint density at radius 1 is 0.909 bits per heavy atom. The Kier molecular flexibility index (Phi) is 6.18. The van der Waals surface area contributed by atoms with E-state index in [2.05, 4.69) is 5.32 Å². The average molecular weight is 443 g/mol. The van der Waals surface area contributed by atoms with Crippen LogP contribution in [0.25, 0.3) is 5.57 Å². The second-order valence-electron chi connectivity index (χ2n) is 7.77. The number of benzene rings is 3. The molecule has 0 spiro atoms. The minimum absolute atomic E-state index is 0.205. The highest BCUT2D eigenvalue weighted by atomic mass is 16.5. The molecule has 1 aliphatic rings. The van der Waals surface area contributed by atoms with Crippen LogP contribution in [0, 0.1) is 13.8 Å². The van der Waals surface area contributed by atoms with Crippen molar-refractivity contribution >= 4 is 28.8 Å². The van der Waals surface area contributed by atoms with Crippen LogP contribution >= 0.6 is 0 Å². The molecular formula is C27H26N2O4. The van der Waals surface area contributed by atoms with Crippen molar-refractivity contribution in [3.63, 3.8) is 0 Å². The molecule has 0 saturated heterocycles. The number of imide groups is 1. The molecule has 1 N–H and O–H groups in total. The predicted octanol–water partition coefficient (Wildman–Crippen LogP) is 5.11. The molecule has 4 rings (SSSR count). The largest absolute Gasteiger partial charge is 0.495 e. The molecule has 1 heterocycles. The van der Waals surface area contributed by atoms with E-state index in [-0.39, 0.29) is 11.6 Å². The van der Waals surface area contributed by atoms with Crippen LogP contribution in [-0.4, -0.2) is 25.5 Å². The van der Waals surface area contributed by atoms with Crippen LogP contribution in [0.5, 0.6) is 11.5 Å². The van der Waals surface area contributed by atoms with E-state index in [9.17, 15) is 9.59 Å². The number of ether oxygens (including phenoxy) is 2. The van der Waals surface area contributed by atoms with Gasteiger partial charge < -0.3 is 14.8 Å². The summed E-state index contributed by atoms with van der Waals surface area (Å²) in [7, 11) is 1.57. The fraction of sp³-hybridized carbons (Fsp3) is 0.185. The lowest BCUT2D eigenvalue weighted by atomic mass is 10.0. The molecule has 3 aromatic rings. The molecule has 33 heavy (non-hydrogen) atoms. The topological polar surface area (TPSA) is 67.9 Å². The Labute approximate surface area is 193 Å². The van der Waals surface area contributed by atoms with Gasteiger partial charge >= 0.3 is 0 Å². The average Bonchev–Trinajstić information content (AvgIpc) is 3.04. The lowest BCUT2D eigenvalue weighted by molar-refractivity contribution is -0.120. The zero-order valence-electron chi connectivity index (χ0n) is 19.1. The van der Waals surface area contributed by atoms with E-state index in [1.807, 2.05) is 57.2 Å². The van der Waals surface area contributed by atoms with Gasteiger partial charge in [-0.25, -0.2) is 4.90 Å². The van der Waals surface area contributed by atoms with Crippen LogP contribution in [0.1, 0.15) is 23.6 Å². The van der Waals surface area contributed by atoms with Crippen molar-refractivity contribution in [3.8, 4) is 11.5 Å². The SMILES string of the molecule is CCOc1ccc(C2=C(Nc3cc(C)ccc3OC)C(=O)N(c3ccccc3C)C2=O)cc1. The summed E-state index contributed by atoms with van der Waals surface area (Å²) in [6.45, 7) is 6.28. The van der Waals surface area contributed by atoms with E-state index in [0.29, 0.717) is 40.6 Å². The molecule has 0 bridgehead atoms. The first-order chi connectivity index (χ1) is 15.9. The van der Waals surface area contributed by atoms with E-state index in [1.165, 1.54) is 4.90 Å². The highest BCUT2D eigenvalue weighted by molar-refractivity contribution is 6.46. The number of nitrogens with one attached hydrogen (secondary N) is 1. The summed E-state index contributed by atoms with van der Waals surface area (Å²) in [5.74, 6) is 0.479. The van der Waals surface area contributed by atoms with Gasteiger partial charge in [0, 0.05) is 0 Å². The molecule has 1 aliphatic heterocycles. The third-order valence-corrected chi connectivity index (χ3v) is 5.51. The zero-order chi connectivity index (χ0) is 23.5. The van der Waals surface area contributed by atoms with Gasteiger partial charge in [-0.3, -0.25) is 9.59 Å². The number of carbonyl (C=O) groups is 2. The van der Waals surface area contributed by atoms with Crippen LogP contribution < -0.4 is 19.7 Å². The molecule has 0 fully saturated rings. The zero-order valence-corrected chi connectivity index (χ0v) is 19.1. The Balaban J connectivity index is 1.84. The van der Waals surface area contributed by atoms with Crippen molar-refractivity contribution in [1.82, 2.24) is 0 Å². The molecule has 0 atom stereocenters. The Morgan fingerprint density at radius 2 is 1.64 bits per heavy atom. The summed E-state index contributed by atoms with van der Waals surface area (Å²) in [4.78, 5) is 28.5. The second kappa shape index (κ2) is 9.20. The first-order valence-corrected chi connectivity index (χ1v) is 10.8. The summed E-state index contributed by atoms with van der Waals surface area (Å²) < 4.78 is 11.0. The standard InChI is InChI=1S/C27H26N2O4/c1-5-33-20-13-11-19(12-14-20)24-25(28-21-16-17(2)10-15-23(21)32-4)27(31)29(26(24)30)22-9-7-6-8-18(22)3/h6-16,28H,5H2,1-4H3. The normalized spacial score (nSPS) is 13.5. The molecule has 168 valence electrons. The maximum Gasteiger partial charge on any atom is 0.282 e. The van der Waals surface area contributed by atoms with Gasteiger partial charge in [0.25, 0.3) is 11.8 Å². The van der Waals surface area contributed by atoms with Crippen molar-refractivity contribution in [2.24, 2.45) is 0 Å². The highest BCUT2D eigenvalue weighted by Crippen LogP contribution is 2.37. The molecule has 2 amide bonds. The highest BCUT2D eigenvalue weighted by Gasteiger charge is 2.41. The van der Waals surface area contributed by atoms with Crippen molar-refractivity contribution in [3.05, 3.63) is 89.1 Å². The number of rotatable bonds is 7. The minimum atomic E-state index is -0.415. The van der Waals surface area contributed by atoms with Crippen molar-refractivity contribution in [2.45, 2.75) is 20.8 Å². The molecule has 0 aromatic heterocycles. The number of carbonyl (C=O) groups excluding carboxylic acids is 2. The number of nitrogens with zero attached hydrogens (tertiary/aromatic N) is 1. The maximum absolute atomic E-state index is 13.6. The predicted molar refractivity (Wildman–Crippen MR) is 130 cm³/mol. The fourth-order valence-electron chi connectivity index (χ4n) is 3.89. The van der Waals surface area contributed by atoms with E-state index in [0.717, 1.165) is 11.1 Å². The Bertz CT molecular complexity index is 1250. The summed E-state index contributed by atoms with van der Waals surface area (Å²) >= 11 is 0. The number of anilines is 2. The summed E-state index contributed by atoms with van der Waals surface area (Å²) in [5.41, 5.74) is 4.13. The molecule has 0 unspecified atom stereocenters. The fourth-order valence-corrected chi connectivity index (χ4v) is 3.89. The summed E-state index contributed by atoms with van der Waals surface area (Å²) in [5, 5.41) is 3.20. The first-order valence-electron chi connectivity index (χ1n) is 10.8. The molecule has 3 aromatic carbocycles. The molecule has 0 aliphatic carbocycles. The van der Waals surface area contributed by atoms with Crippen LogP contribution in [0.2, 0.25) is 0 Å². The van der Waals surface area contributed by atoms with Gasteiger partial charge in [-0.1, -0.05) is 36.4 Å². The quantitative estimate of drug-likeness (QED) is 0.515. The van der Waals surface area contributed by atoms with E-state index >= 15 is 0 Å². The molecule has 0 saturated carbocycles. The number of amides is 2. The summed E-state index contributed by atoms with van der Waals surface area (Å²) in [6, 6.07) is 20.2. The van der Waals surface area contributed by atoms with Crippen LogP contribution in [0.3, 0.4) is 0 Å². The first kappa shape index (κ1) is 22.1. The monoisotopic (exact) mass is 442 g/mol. The Hall–Kier alpha value is -4.06. The summed E-state index contributed by atoms with van der Waals surface area (Å²) in [6.07, 6.45) is 0. The molecule has 0 radical (unpaired) electrons. The van der Waals surface area contributed by atoms with Crippen molar-refractivity contribution in [1.29, 1.82) is 0 Å². The van der Waals surface area contributed by atoms with Crippen molar-refractivity contribution in [2.75, 3.05) is 23.9 Å². The van der Waals surface area contributed by atoms with Gasteiger partial charge in [-0.05, 0) is 67.8 Å². The van der Waals surface area contributed by atoms with Crippen molar-refractivity contribution < 1.29 is 19.1 Å². The van der Waals surface area contributed by atoms with Crippen LogP contribution in [0.15, 0.2) is 72.4 Å².